The van der Waals surface area contributed by atoms with Crippen LogP contribution in [0.5, 0.6) is 0 Å². The molecule has 6 aliphatic heterocycles. The lowest BCUT2D eigenvalue weighted by atomic mass is 9.83. The van der Waals surface area contributed by atoms with Gasteiger partial charge in [0.05, 0.1) is 23.9 Å². The summed E-state index contributed by atoms with van der Waals surface area (Å²) in [5, 5.41) is 13.2. The van der Waals surface area contributed by atoms with Gasteiger partial charge in [0.1, 0.15) is 0 Å². The summed E-state index contributed by atoms with van der Waals surface area (Å²) in [4.78, 5) is 11.9. The first kappa shape index (κ1) is 26.9. The molecule has 0 spiro atoms. The van der Waals surface area contributed by atoms with E-state index in [9.17, 15) is 18.3 Å². The Kier molecular flexibility index (Phi) is 7.95. The Bertz CT molecular complexity index is 1290. The number of anilines is 2. The van der Waals surface area contributed by atoms with Crippen LogP contribution in [0.15, 0.2) is 30.3 Å². The van der Waals surface area contributed by atoms with E-state index in [4.69, 9.17) is 10.5 Å². The first-order valence-corrected chi connectivity index (χ1v) is 15.0. The molecule has 6 aliphatic rings. The molecule has 6 heterocycles. The number of rotatable bonds is 2. The third-order valence-electron chi connectivity index (χ3n) is 8.21. The molecule has 0 saturated carbocycles. The quantitative estimate of drug-likeness (QED) is 0.496. The molecular weight excluding hydrogens is 504 g/mol. The molecule has 1 saturated heterocycles. The number of hydrogen-bond donors (Lipinski definition) is 3. The Morgan fingerprint density at radius 1 is 1.11 bits per heavy atom. The van der Waals surface area contributed by atoms with Gasteiger partial charge < -0.3 is 20.9 Å². The Balaban J connectivity index is 1.52. The van der Waals surface area contributed by atoms with E-state index < -0.39 is 22.1 Å². The van der Waals surface area contributed by atoms with E-state index in [1.54, 1.807) is 8.61 Å². The molecule has 0 aliphatic carbocycles. The minimum atomic E-state index is -3.60. The zero-order chi connectivity index (χ0) is 26.9. The van der Waals surface area contributed by atoms with Gasteiger partial charge in [0.15, 0.2) is 0 Å². The van der Waals surface area contributed by atoms with Gasteiger partial charge in [0.2, 0.25) is 0 Å². The lowest BCUT2D eigenvalue weighted by molar-refractivity contribution is -0.137. The van der Waals surface area contributed by atoms with Crippen molar-refractivity contribution in [3.05, 3.63) is 58.1 Å². The second-order valence-corrected chi connectivity index (χ2v) is 12.5. The van der Waals surface area contributed by atoms with Gasteiger partial charge in [-0.1, -0.05) is 24.3 Å². The molecule has 38 heavy (non-hydrogen) atoms. The number of carboxylic acids is 1. The molecule has 0 amide bonds. The van der Waals surface area contributed by atoms with Gasteiger partial charge in [-0.3, -0.25) is 4.79 Å². The standard InChI is InChI=1S/C28H38N4O5S/c1-19-24-6-7-26(28(19)29)30-11-2-3-15-37-23-9-13-31(14-10-23)38(35,36)32-12-8-20-4-5-21(16-22(20)18-32)25(24)17-27(33)34/h4-7,16,23,25,30H,2-3,8-15,17-18,29H2,1H3,(H,33,34). The summed E-state index contributed by atoms with van der Waals surface area (Å²) < 4.78 is 36.3. The molecule has 9 nitrogen and oxygen atoms in total. The summed E-state index contributed by atoms with van der Waals surface area (Å²) in [6.07, 6.45) is 3.85. The van der Waals surface area contributed by atoms with Crippen LogP contribution in [0.3, 0.4) is 0 Å². The second-order valence-electron chi connectivity index (χ2n) is 10.6. The van der Waals surface area contributed by atoms with Crippen LogP contribution in [0.2, 0.25) is 0 Å². The van der Waals surface area contributed by atoms with E-state index in [0.717, 1.165) is 52.9 Å². The SMILES string of the molecule is Cc1c2ccc(c1N)NCCCCOC1CCN(CC1)S(=O)(=O)N1CCc3ccc(cc3C1)C2CC(=O)O. The van der Waals surface area contributed by atoms with E-state index in [0.29, 0.717) is 51.2 Å². The number of piperidine rings is 1. The van der Waals surface area contributed by atoms with E-state index in [1.807, 2.05) is 37.3 Å². The first-order chi connectivity index (χ1) is 18.2. The summed E-state index contributed by atoms with van der Waals surface area (Å²) in [7, 11) is -3.60. The van der Waals surface area contributed by atoms with Crippen LogP contribution in [0.1, 0.15) is 65.8 Å². The smallest absolute Gasteiger partial charge is 0.304 e. The van der Waals surface area contributed by atoms with Crippen molar-refractivity contribution in [2.75, 3.05) is 43.8 Å². The molecule has 206 valence electrons. The summed E-state index contributed by atoms with van der Waals surface area (Å²) in [6, 6.07) is 9.91. The number of ether oxygens (including phenoxy) is 1. The summed E-state index contributed by atoms with van der Waals surface area (Å²) >= 11 is 0. The van der Waals surface area contributed by atoms with Crippen LogP contribution >= 0.6 is 0 Å². The Hall–Kier alpha value is -2.66. The van der Waals surface area contributed by atoms with Gasteiger partial charge in [-0.25, -0.2) is 0 Å². The predicted octanol–water partition coefficient (Wildman–Crippen LogP) is 3.47. The highest BCUT2D eigenvalue weighted by Gasteiger charge is 2.35. The van der Waals surface area contributed by atoms with Gasteiger partial charge in [-0.2, -0.15) is 17.0 Å². The second kappa shape index (κ2) is 11.2. The third kappa shape index (κ3) is 5.54. The summed E-state index contributed by atoms with van der Waals surface area (Å²) in [5.74, 6) is -1.29. The first-order valence-electron chi connectivity index (χ1n) is 13.6. The van der Waals surface area contributed by atoms with Crippen molar-refractivity contribution in [1.29, 1.82) is 0 Å². The molecule has 10 heteroatoms. The molecule has 7 bridgehead atoms. The topological polar surface area (TPSA) is 125 Å². The molecule has 0 aromatic heterocycles. The highest BCUT2D eigenvalue weighted by Crippen LogP contribution is 2.37. The molecule has 2 atom stereocenters. The van der Waals surface area contributed by atoms with Gasteiger partial charge in [-0.05, 0) is 72.9 Å². The molecular formula is C28H38N4O5S. The zero-order valence-electron chi connectivity index (χ0n) is 22.0. The van der Waals surface area contributed by atoms with Crippen LogP contribution in [-0.4, -0.2) is 67.0 Å². The van der Waals surface area contributed by atoms with Crippen molar-refractivity contribution in [2.45, 2.75) is 64.0 Å². The lowest BCUT2D eigenvalue weighted by Gasteiger charge is -2.36. The van der Waals surface area contributed by atoms with Crippen LogP contribution in [-0.2, 0) is 32.7 Å². The fraction of sp³-hybridized carbons (Fsp3) is 0.536. The molecule has 8 rings (SSSR count). The third-order valence-corrected chi connectivity index (χ3v) is 10.2. The minimum Gasteiger partial charge on any atom is -0.481 e. The Morgan fingerprint density at radius 2 is 1.89 bits per heavy atom. The van der Waals surface area contributed by atoms with Crippen molar-refractivity contribution < 1.29 is 23.1 Å². The monoisotopic (exact) mass is 542 g/mol. The van der Waals surface area contributed by atoms with E-state index in [-0.39, 0.29) is 19.1 Å². The number of benzene rings is 2. The van der Waals surface area contributed by atoms with Gasteiger partial charge in [0, 0.05) is 45.2 Å². The minimum absolute atomic E-state index is 0.0806. The number of hydrogen-bond acceptors (Lipinski definition) is 6. The number of nitrogens with two attached hydrogens (primary N) is 1. The van der Waals surface area contributed by atoms with Gasteiger partial charge in [0.25, 0.3) is 10.2 Å². The van der Waals surface area contributed by atoms with Crippen molar-refractivity contribution in [1.82, 2.24) is 8.61 Å². The van der Waals surface area contributed by atoms with Crippen molar-refractivity contribution >= 4 is 27.6 Å². The molecule has 4 N–H and O–H groups in total. The maximum absolute atomic E-state index is 13.5. The van der Waals surface area contributed by atoms with Crippen LogP contribution < -0.4 is 11.1 Å². The van der Waals surface area contributed by atoms with Crippen LogP contribution in [0.4, 0.5) is 11.4 Å². The molecule has 1 fully saturated rings. The average molecular weight is 543 g/mol. The van der Waals surface area contributed by atoms with E-state index in [2.05, 4.69) is 5.32 Å². The molecule has 2 aromatic carbocycles. The fourth-order valence-corrected chi connectivity index (χ4v) is 7.54. The zero-order valence-corrected chi connectivity index (χ0v) is 22.8. The number of carbonyl (C=O) groups is 1. The van der Waals surface area contributed by atoms with Gasteiger partial charge >= 0.3 is 5.97 Å². The summed E-state index contributed by atoms with van der Waals surface area (Å²) in [5.41, 5.74) is 12.6. The number of nitrogens with zero attached hydrogens (tertiary/aromatic N) is 2. The number of nitrogen functional groups attached to an aromatic ring is 1. The highest BCUT2D eigenvalue weighted by atomic mass is 32.2. The fourth-order valence-electron chi connectivity index (χ4n) is 5.92. The Labute approximate surface area is 225 Å². The Morgan fingerprint density at radius 3 is 2.66 bits per heavy atom. The normalized spacial score (nSPS) is 27.4. The van der Waals surface area contributed by atoms with E-state index >= 15 is 0 Å². The van der Waals surface area contributed by atoms with Crippen molar-refractivity contribution in [2.24, 2.45) is 0 Å². The molecule has 2 unspecified atom stereocenters. The maximum atomic E-state index is 13.5. The van der Waals surface area contributed by atoms with Crippen molar-refractivity contribution in [3.63, 3.8) is 0 Å². The number of aliphatic carboxylic acids is 1. The predicted molar refractivity (Wildman–Crippen MR) is 147 cm³/mol. The number of nitrogens with one attached hydrogen (secondary N) is 1. The van der Waals surface area contributed by atoms with Crippen LogP contribution in [0, 0.1) is 6.92 Å². The average Bonchev–Trinajstić information content (AvgIpc) is 2.91. The maximum Gasteiger partial charge on any atom is 0.304 e. The van der Waals surface area contributed by atoms with Gasteiger partial charge in [-0.15, -0.1) is 0 Å². The summed E-state index contributed by atoms with van der Waals surface area (Å²) in [6.45, 7) is 4.98. The van der Waals surface area contributed by atoms with Crippen molar-refractivity contribution in [3.8, 4) is 0 Å². The highest BCUT2D eigenvalue weighted by molar-refractivity contribution is 7.86. The largest absolute Gasteiger partial charge is 0.481 e. The van der Waals surface area contributed by atoms with E-state index in [1.165, 1.54) is 0 Å². The van der Waals surface area contributed by atoms with Crippen LogP contribution in [0.25, 0.3) is 0 Å². The number of carboxylic acid groups (broad SMARTS) is 1. The lowest BCUT2D eigenvalue weighted by Crippen LogP contribution is -2.49. The molecule has 2 aromatic rings. The molecule has 0 radical (unpaired) electrons.